The fourth-order valence-electron chi connectivity index (χ4n) is 2.77. The topological polar surface area (TPSA) is 43.5 Å². The van der Waals surface area contributed by atoms with Gasteiger partial charge >= 0.3 is 12.4 Å². The molecule has 3 rings (SSSR count). The molecule has 1 heterocycles. The Morgan fingerprint density at radius 2 is 1.60 bits per heavy atom. The Hall–Kier alpha value is -3.25. The van der Waals surface area contributed by atoms with Crippen LogP contribution in [-0.2, 0) is 12.4 Å². The maximum atomic E-state index is 13.2. The number of benzene rings is 2. The van der Waals surface area contributed by atoms with Crippen molar-refractivity contribution in [3.05, 3.63) is 76.5 Å². The minimum absolute atomic E-state index is 0.0569. The van der Waals surface area contributed by atoms with Crippen molar-refractivity contribution in [1.82, 2.24) is 5.10 Å². The van der Waals surface area contributed by atoms with Crippen LogP contribution < -0.4 is 4.68 Å². The zero-order chi connectivity index (χ0) is 22.1. The van der Waals surface area contributed by atoms with Crippen LogP contribution >= 0.6 is 11.6 Å². The number of alkyl halides is 6. The van der Waals surface area contributed by atoms with Crippen LogP contribution in [0.25, 0.3) is 23.0 Å². The Kier molecular flexibility index (Phi) is 5.63. The first-order valence-corrected chi connectivity index (χ1v) is 8.63. The molecular formula is C20H11ClF6N3+. The summed E-state index contributed by atoms with van der Waals surface area (Å²) in [4.78, 5) is 0. The molecule has 0 saturated heterocycles. The van der Waals surface area contributed by atoms with Crippen molar-refractivity contribution in [1.29, 1.82) is 5.26 Å². The van der Waals surface area contributed by atoms with Gasteiger partial charge in [0.2, 0.25) is 11.9 Å². The molecule has 0 saturated carbocycles. The fraction of sp³-hybridized carbons (Fsp3) is 0.100. The van der Waals surface area contributed by atoms with Crippen LogP contribution in [0.5, 0.6) is 0 Å². The van der Waals surface area contributed by atoms with Crippen LogP contribution in [0.15, 0.2) is 54.7 Å². The molecule has 3 nitrogen and oxygen atoms in total. The predicted octanol–water partition coefficient (Wildman–Crippen LogP) is 6.19. The molecule has 2 aromatic carbocycles. The highest BCUT2D eigenvalue weighted by molar-refractivity contribution is 6.30. The summed E-state index contributed by atoms with van der Waals surface area (Å²) in [6.07, 6.45) is -6.14. The minimum Gasteiger partial charge on any atom is -0.193 e. The molecule has 1 N–H and O–H groups in total. The van der Waals surface area contributed by atoms with Crippen molar-refractivity contribution >= 4 is 17.7 Å². The molecule has 0 unspecified atom stereocenters. The Labute approximate surface area is 171 Å². The van der Waals surface area contributed by atoms with E-state index in [4.69, 9.17) is 16.9 Å². The monoisotopic (exact) mass is 442 g/mol. The molecule has 0 radical (unpaired) electrons. The quantitative estimate of drug-likeness (QED) is 0.293. The van der Waals surface area contributed by atoms with Crippen LogP contribution in [0.3, 0.4) is 0 Å². The number of allylic oxidation sites excluding steroid dienone is 1. The molecule has 0 aliphatic carbocycles. The third-order valence-electron chi connectivity index (χ3n) is 4.09. The Bertz CT molecular complexity index is 1120. The normalized spacial score (nSPS) is 12.3. The molecule has 0 spiro atoms. The van der Waals surface area contributed by atoms with E-state index in [-0.39, 0.29) is 11.8 Å². The Morgan fingerprint density at radius 3 is 2.13 bits per heavy atom. The minimum atomic E-state index is -4.97. The first-order chi connectivity index (χ1) is 14.0. The van der Waals surface area contributed by atoms with E-state index in [0.717, 1.165) is 10.8 Å². The van der Waals surface area contributed by atoms with Crippen molar-refractivity contribution in [3.63, 3.8) is 0 Å². The largest absolute Gasteiger partial charge is 0.416 e. The summed E-state index contributed by atoms with van der Waals surface area (Å²) in [7, 11) is 0. The fourth-order valence-corrected chi connectivity index (χ4v) is 2.96. The van der Waals surface area contributed by atoms with E-state index >= 15 is 0 Å². The molecule has 0 amide bonds. The van der Waals surface area contributed by atoms with Gasteiger partial charge in [-0.1, -0.05) is 28.4 Å². The lowest BCUT2D eigenvalue weighted by molar-refractivity contribution is -0.654. The van der Waals surface area contributed by atoms with Crippen molar-refractivity contribution in [2.75, 3.05) is 0 Å². The lowest BCUT2D eigenvalue weighted by Gasteiger charge is -2.11. The zero-order valence-corrected chi connectivity index (χ0v) is 15.6. The summed E-state index contributed by atoms with van der Waals surface area (Å²) in [6.45, 7) is 0. The molecule has 10 heteroatoms. The second-order valence-corrected chi connectivity index (χ2v) is 6.61. The Morgan fingerprint density at radius 1 is 0.967 bits per heavy atom. The van der Waals surface area contributed by atoms with Crippen LogP contribution in [0.2, 0.25) is 5.02 Å². The van der Waals surface area contributed by atoms with Crippen LogP contribution in [0.1, 0.15) is 16.7 Å². The average molecular weight is 443 g/mol. The van der Waals surface area contributed by atoms with E-state index in [0.29, 0.717) is 34.0 Å². The highest BCUT2D eigenvalue weighted by Gasteiger charge is 2.38. The first kappa shape index (κ1) is 21.5. The number of H-pyrrole nitrogens is 1. The number of nitrogens with zero attached hydrogens (tertiary/aromatic N) is 2. The molecule has 0 fully saturated rings. The predicted molar refractivity (Wildman–Crippen MR) is 97.4 cm³/mol. The van der Waals surface area contributed by atoms with E-state index in [1.807, 2.05) is 0 Å². The van der Waals surface area contributed by atoms with Gasteiger partial charge in [0, 0.05) is 28.8 Å². The van der Waals surface area contributed by atoms with Crippen LogP contribution in [-0.4, -0.2) is 5.10 Å². The van der Waals surface area contributed by atoms with E-state index in [1.165, 1.54) is 12.3 Å². The first-order valence-electron chi connectivity index (χ1n) is 8.25. The van der Waals surface area contributed by atoms with Gasteiger partial charge in [-0.3, -0.25) is 0 Å². The summed E-state index contributed by atoms with van der Waals surface area (Å²) in [5.74, 6) is 0. The number of halogens is 7. The summed E-state index contributed by atoms with van der Waals surface area (Å²) in [5, 5.41) is 11.9. The van der Waals surface area contributed by atoms with Gasteiger partial charge in [0.05, 0.1) is 22.8 Å². The Balaban J connectivity index is 2.23. The maximum absolute atomic E-state index is 13.2. The highest BCUT2D eigenvalue weighted by Crippen LogP contribution is 2.36. The van der Waals surface area contributed by atoms with Gasteiger partial charge in [-0.25, -0.2) is 0 Å². The number of rotatable bonds is 3. The van der Waals surface area contributed by atoms with E-state index in [9.17, 15) is 26.3 Å². The maximum Gasteiger partial charge on any atom is 0.416 e. The van der Waals surface area contributed by atoms with Gasteiger partial charge in [0.15, 0.2) is 0 Å². The molecule has 3 aromatic rings. The molecule has 0 atom stereocenters. The molecule has 30 heavy (non-hydrogen) atoms. The van der Waals surface area contributed by atoms with Crippen molar-refractivity contribution < 1.29 is 31.0 Å². The second-order valence-electron chi connectivity index (χ2n) is 6.18. The van der Waals surface area contributed by atoms with E-state index in [2.05, 4.69) is 5.10 Å². The SMILES string of the molecule is N#C/C=C/c1c[n+](-c2cc(C(F)(F)F)cc(C(F)(F)F)c2)[nH]c1-c1cccc(Cl)c1. The average Bonchev–Trinajstić information content (AvgIpc) is 3.09. The smallest absolute Gasteiger partial charge is 0.193 e. The van der Waals surface area contributed by atoms with Crippen molar-refractivity contribution in [2.24, 2.45) is 0 Å². The number of aromatic amines is 1. The van der Waals surface area contributed by atoms with Gasteiger partial charge < -0.3 is 0 Å². The molecular weight excluding hydrogens is 432 g/mol. The third-order valence-corrected chi connectivity index (χ3v) is 4.33. The molecule has 0 bridgehead atoms. The van der Waals surface area contributed by atoms with Crippen LogP contribution in [0, 0.1) is 11.3 Å². The lowest BCUT2D eigenvalue weighted by Crippen LogP contribution is -2.33. The third kappa shape index (κ3) is 4.66. The molecule has 0 aliphatic rings. The summed E-state index contributed by atoms with van der Waals surface area (Å²) < 4.78 is 80.0. The van der Waals surface area contributed by atoms with Gasteiger partial charge in [-0.2, -0.15) is 36.7 Å². The van der Waals surface area contributed by atoms with Crippen molar-refractivity contribution in [2.45, 2.75) is 12.4 Å². The zero-order valence-electron chi connectivity index (χ0n) is 14.8. The van der Waals surface area contributed by atoms with Gasteiger partial charge in [0.1, 0.15) is 5.69 Å². The van der Waals surface area contributed by atoms with Gasteiger partial charge in [-0.05, 0) is 24.3 Å². The number of nitrogens with one attached hydrogen (secondary N) is 1. The standard InChI is InChI=1S/C20H10ClF6N3/c21-16-5-1-3-12(7-16)18-13(4-2-6-28)11-30(29-18)17-9-14(19(22,23)24)8-15(10-17)20(25,26)27/h1-5,7-11H/p+1/b4-2+. The summed E-state index contributed by atoms with van der Waals surface area (Å²) in [5.41, 5.74) is -2.00. The second kappa shape index (κ2) is 7.88. The van der Waals surface area contributed by atoms with Gasteiger partial charge in [-0.15, -0.1) is 0 Å². The number of hydrogen-bond donors (Lipinski definition) is 1. The number of aromatic nitrogens is 2. The summed E-state index contributed by atoms with van der Waals surface area (Å²) in [6, 6.07) is 9.50. The van der Waals surface area contributed by atoms with Crippen LogP contribution in [0.4, 0.5) is 26.3 Å². The van der Waals surface area contributed by atoms with Gasteiger partial charge in [0.25, 0.3) is 0 Å². The highest BCUT2D eigenvalue weighted by atomic mass is 35.5. The molecule has 154 valence electrons. The molecule has 0 aliphatic heterocycles. The summed E-state index contributed by atoms with van der Waals surface area (Å²) >= 11 is 5.98. The van der Waals surface area contributed by atoms with E-state index in [1.54, 1.807) is 30.3 Å². The number of nitriles is 1. The lowest BCUT2D eigenvalue weighted by atomic mass is 10.1. The number of hydrogen-bond acceptors (Lipinski definition) is 1. The van der Waals surface area contributed by atoms with Crippen molar-refractivity contribution in [3.8, 4) is 23.0 Å². The molecule has 1 aromatic heterocycles. The van der Waals surface area contributed by atoms with E-state index < -0.39 is 23.5 Å².